The molecule has 2 aromatic rings. The minimum absolute atomic E-state index is 0.00689. The smallest absolute Gasteiger partial charge is 0.254 e. The highest BCUT2D eigenvalue weighted by molar-refractivity contribution is 7.89. The lowest BCUT2D eigenvalue weighted by molar-refractivity contribution is 0.0690. The van der Waals surface area contributed by atoms with Gasteiger partial charge in [0.25, 0.3) is 5.91 Å². The molecule has 26 heavy (non-hydrogen) atoms. The Labute approximate surface area is 155 Å². The van der Waals surface area contributed by atoms with E-state index in [4.69, 9.17) is 0 Å². The molecule has 0 atom stereocenters. The minimum atomic E-state index is -3.58. The Morgan fingerprint density at radius 2 is 1.81 bits per heavy atom. The molecule has 1 N–H and O–H groups in total. The fourth-order valence-electron chi connectivity index (χ4n) is 2.72. The van der Waals surface area contributed by atoms with Gasteiger partial charge in [0.2, 0.25) is 10.0 Å². The van der Waals surface area contributed by atoms with Crippen molar-refractivity contribution in [3.8, 4) is 0 Å². The molecule has 0 radical (unpaired) electrons. The summed E-state index contributed by atoms with van der Waals surface area (Å²) < 4.78 is 27.5. The number of benzene rings is 2. The Bertz CT molecular complexity index is 875. The number of hydrogen-bond acceptors (Lipinski definition) is 3. The molecule has 3 rings (SSSR count). The van der Waals surface area contributed by atoms with Crippen molar-refractivity contribution in [1.82, 2.24) is 9.62 Å². The van der Waals surface area contributed by atoms with Crippen LogP contribution in [0, 0.1) is 0 Å². The quantitative estimate of drug-likeness (QED) is 0.812. The number of nitrogens with zero attached hydrogens (tertiary/aromatic N) is 1. The third-order valence-electron chi connectivity index (χ3n) is 4.37. The summed E-state index contributed by atoms with van der Waals surface area (Å²) in [6, 6.07) is 16.1. The van der Waals surface area contributed by atoms with Crippen molar-refractivity contribution in [3.63, 3.8) is 0 Å². The van der Waals surface area contributed by atoms with Crippen molar-refractivity contribution in [3.05, 3.63) is 65.7 Å². The molecule has 0 spiro atoms. The molecular weight excluding hydrogens is 348 g/mol. The van der Waals surface area contributed by atoms with Crippen LogP contribution in [0.15, 0.2) is 59.5 Å². The molecule has 1 aliphatic rings. The minimum Gasteiger partial charge on any atom is -0.332 e. The average molecular weight is 372 g/mol. The summed E-state index contributed by atoms with van der Waals surface area (Å²) in [5.74, 6) is -0.174. The van der Waals surface area contributed by atoms with Gasteiger partial charge >= 0.3 is 0 Å². The largest absolute Gasteiger partial charge is 0.332 e. The van der Waals surface area contributed by atoms with Crippen LogP contribution in [0.3, 0.4) is 0 Å². The Kier molecular flexibility index (Phi) is 5.44. The number of carbonyl (C=O) groups excluding carboxylic acids is 1. The van der Waals surface area contributed by atoms with E-state index in [9.17, 15) is 13.2 Å². The van der Waals surface area contributed by atoms with Gasteiger partial charge in [0.05, 0.1) is 4.90 Å². The van der Waals surface area contributed by atoms with Crippen LogP contribution in [0.25, 0.3) is 0 Å². The number of sulfonamides is 1. The van der Waals surface area contributed by atoms with E-state index < -0.39 is 10.0 Å². The van der Waals surface area contributed by atoms with Crippen LogP contribution in [-0.2, 0) is 16.6 Å². The van der Waals surface area contributed by atoms with Crippen molar-refractivity contribution < 1.29 is 13.2 Å². The Hall–Kier alpha value is -2.18. The van der Waals surface area contributed by atoms with E-state index >= 15 is 0 Å². The van der Waals surface area contributed by atoms with Gasteiger partial charge in [0.15, 0.2) is 0 Å². The third-order valence-corrected chi connectivity index (χ3v) is 5.89. The molecule has 0 saturated heterocycles. The lowest BCUT2D eigenvalue weighted by atomic mass is 10.1. The lowest BCUT2D eigenvalue weighted by Crippen LogP contribution is -2.36. The van der Waals surface area contributed by atoms with E-state index in [1.807, 2.05) is 44.2 Å². The molecule has 5 nitrogen and oxygen atoms in total. The molecule has 0 aliphatic heterocycles. The summed E-state index contributed by atoms with van der Waals surface area (Å²) in [6.45, 7) is 4.39. The second-order valence-electron chi connectivity index (χ2n) is 6.94. The van der Waals surface area contributed by atoms with Gasteiger partial charge in [-0.25, -0.2) is 13.1 Å². The first-order chi connectivity index (χ1) is 12.4. The van der Waals surface area contributed by atoms with Gasteiger partial charge in [-0.15, -0.1) is 0 Å². The second kappa shape index (κ2) is 7.60. The maximum atomic E-state index is 13.0. The van der Waals surface area contributed by atoms with E-state index in [1.54, 1.807) is 17.0 Å². The van der Waals surface area contributed by atoms with Gasteiger partial charge in [-0.3, -0.25) is 4.79 Å². The molecular formula is C20H24N2O3S. The normalized spacial score (nSPS) is 14.4. The maximum Gasteiger partial charge on any atom is 0.254 e. The molecule has 1 aliphatic carbocycles. The van der Waals surface area contributed by atoms with Crippen LogP contribution in [0.5, 0.6) is 0 Å². The molecule has 0 unspecified atom stereocenters. The number of rotatable bonds is 7. The first kappa shape index (κ1) is 18.6. The number of amides is 1. The summed E-state index contributed by atoms with van der Waals surface area (Å²) >= 11 is 0. The molecule has 1 saturated carbocycles. The van der Waals surface area contributed by atoms with Gasteiger partial charge in [-0.1, -0.05) is 36.4 Å². The van der Waals surface area contributed by atoms with Gasteiger partial charge in [-0.2, -0.15) is 0 Å². The highest BCUT2D eigenvalue weighted by Crippen LogP contribution is 2.23. The average Bonchev–Trinajstić information content (AvgIpc) is 3.43. The first-order valence-corrected chi connectivity index (χ1v) is 10.3. The van der Waals surface area contributed by atoms with E-state index in [1.165, 1.54) is 12.1 Å². The zero-order valence-electron chi connectivity index (χ0n) is 15.1. The van der Waals surface area contributed by atoms with Crippen molar-refractivity contribution in [1.29, 1.82) is 0 Å². The topological polar surface area (TPSA) is 66.5 Å². The summed E-state index contributed by atoms with van der Waals surface area (Å²) in [4.78, 5) is 14.9. The first-order valence-electron chi connectivity index (χ1n) is 8.84. The SMILES string of the molecule is CC(C)N(Cc1ccccc1)C(=O)c1cccc(S(=O)(=O)NC2CC2)c1. The fourth-order valence-corrected chi connectivity index (χ4v) is 4.07. The zero-order valence-corrected chi connectivity index (χ0v) is 15.9. The standard InChI is InChI=1S/C20H24N2O3S/c1-15(2)22(14-16-7-4-3-5-8-16)20(23)17-9-6-10-19(13-17)26(24,25)21-18-11-12-18/h3-10,13,15,18,21H,11-12,14H2,1-2H3. The van der Waals surface area contributed by atoms with Crippen LogP contribution in [0.1, 0.15) is 42.6 Å². The Morgan fingerprint density at radius 1 is 1.12 bits per heavy atom. The summed E-state index contributed by atoms with van der Waals surface area (Å²) in [5.41, 5.74) is 1.42. The highest BCUT2D eigenvalue weighted by Gasteiger charge is 2.28. The molecule has 0 heterocycles. The predicted molar refractivity (Wildman–Crippen MR) is 101 cm³/mol. The van der Waals surface area contributed by atoms with Gasteiger partial charge < -0.3 is 4.90 Å². The number of nitrogens with one attached hydrogen (secondary N) is 1. The lowest BCUT2D eigenvalue weighted by Gasteiger charge is -2.27. The van der Waals surface area contributed by atoms with Crippen LogP contribution in [0.2, 0.25) is 0 Å². The van der Waals surface area contributed by atoms with Crippen LogP contribution < -0.4 is 4.72 Å². The molecule has 0 bridgehead atoms. The summed E-state index contributed by atoms with van der Waals surface area (Å²) in [5, 5.41) is 0. The Morgan fingerprint density at radius 3 is 2.42 bits per heavy atom. The van der Waals surface area contributed by atoms with Crippen molar-refractivity contribution >= 4 is 15.9 Å². The van der Waals surface area contributed by atoms with Gasteiger partial charge in [0, 0.05) is 24.2 Å². The van der Waals surface area contributed by atoms with Gasteiger partial charge in [0.1, 0.15) is 0 Å². The molecule has 1 amide bonds. The van der Waals surface area contributed by atoms with Crippen molar-refractivity contribution in [2.24, 2.45) is 0 Å². The highest BCUT2D eigenvalue weighted by atomic mass is 32.2. The van der Waals surface area contributed by atoms with Crippen LogP contribution in [0.4, 0.5) is 0 Å². The third kappa shape index (κ3) is 4.51. The summed E-state index contributed by atoms with van der Waals surface area (Å²) in [6.07, 6.45) is 1.74. The van der Waals surface area contributed by atoms with Crippen molar-refractivity contribution in [2.75, 3.05) is 0 Å². The molecule has 0 aromatic heterocycles. The second-order valence-corrected chi connectivity index (χ2v) is 8.65. The summed E-state index contributed by atoms with van der Waals surface area (Å²) in [7, 11) is -3.58. The van der Waals surface area contributed by atoms with E-state index in [0.717, 1.165) is 18.4 Å². The van der Waals surface area contributed by atoms with E-state index in [0.29, 0.717) is 12.1 Å². The molecule has 1 fully saturated rings. The number of carbonyl (C=O) groups is 1. The zero-order chi connectivity index (χ0) is 18.7. The van der Waals surface area contributed by atoms with E-state index in [2.05, 4.69) is 4.72 Å². The van der Waals surface area contributed by atoms with E-state index in [-0.39, 0.29) is 22.9 Å². The monoisotopic (exact) mass is 372 g/mol. The Balaban J connectivity index is 1.84. The van der Waals surface area contributed by atoms with Crippen LogP contribution >= 0.6 is 0 Å². The fraction of sp³-hybridized carbons (Fsp3) is 0.350. The maximum absolute atomic E-state index is 13.0. The molecule has 6 heteroatoms. The molecule has 138 valence electrons. The van der Waals surface area contributed by atoms with Gasteiger partial charge in [-0.05, 0) is 50.5 Å². The van der Waals surface area contributed by atoms with Crippen molar-refractivity contribution in [2.45, 2.75) is 50.2 Å². The number of hydrogen-bond donors (Lipinski definition) is 1. The van der Waals surface area contributed by atoms with Crippen LogP contribution in [-0.4, -0.2) is 31.3 Å². The molecule has 2 aromatic carbocycles. The predicted octanol–water partition coefficient (Wildman–Crippen LogP) is 3.18.